The van der Waals surface area contributed by atoms with E-state index in [2.05, 4.69) is 11.8 Å². The molecular formula is C16H20FNO2. The van der Waals surface area contributed by atoms with E-state index < -0.39 is 5.82 Å². The molecule has 0 aromatic heterocycles. The van der Waals surface area contributed by atoms with Crippen LogP contribution in [0.4, 0.5) is 4.39 Å². The molecule has 0 atom stereocenters. The second-order valence-electron chi connectivity index (χ2n) is 4.55. The third kappa shape index (κ3) is 4.67. The van der Waals surface area contributed by atoms with Gasteiger partial charge in [0.2, 0.25) is 0 Å². The van der Waals surface area contributed by atoms with Crippen molar-refractivity contribution in [3.8, 4) is 11.8 Å². The van der Waals surface area contributed by atoms with Crippen LogP contribution in [0, 0.1) is 17.7 Å². The summed E-state index contributed by atoms with van der Waals surface area (Å²) in [6, 6.07) is 4.25. The molecule has 0 heterocycles. The largest absolute Gasteiger partial charge is 0.395 e. The van der Waals surface area contributed by atoms with Crippen molar-refractivity contribution < 1.29 is 14.3 Å². The highest BCUT2D eigenvalue weighted by molar-refractivity contribution is 5.94. The van der Waals surface area contributed by atoms with Crippen LogP contribution >= 0.6 is 0 Å². The monoisotopic (exact) mass is 277 g/mol. The number of hydrogen-bond acceptors (Lipinski definition) is 2. The minimum atomic E-state index is -0.536. The molecule has 0 saturated heterocycles. The number of carbonyl (C=O) groups excluding carboxylic acids is 1. The first-order chi connectivity index (χ1) is 9.60. The predicted molar refractivity (Wildman–Crippen MR) is 76.8 cm³/mol. The summed E-state index contributed by atoms with van der Waals surface area (Å²) in [6.45, 7) is 2.63. The minimum absolute atomic E-state index is 0.0141. The van der Waals surface area contributed by atoms with E-state index in [1.807, 2.05) is 6.92 Å². The van der Waals surface area contributed by atoms with Gasteiger partial charge in [-0.05, 0) is 24.6 Å². The lowest BCUT2D eigenvalue weighted by molar-refractivity contribution is 0.0788. The SMILES string of the molecule is CCCCN(C)C(=O)c1cc(C#CCCO)ccc1F. The molecule has 108 valence electrons. The van der Waals surface area contributed by atoms with Crippen LogP contribution in [0.15, 0.2) is 18.2 Å². The molecule has 0 aliphatic carbocycles. The zero-order valence-electron chi connectivity index (χ0n) is 11.9. The van der Waals surface area contributed by atoms with Crippen LogP contribution in [0.25, 0.3) is 0 Å². The van der Waals surface area contributed by atoms with Crippen molar-refractivity contribution in [3.63, 3.8) is 0 Å². The van der Waals surface area contributed by atoms with E-state index in [9.17, 15) is 9.18 Å². The van der Waals surface area contributed by atoms with E-state index in [1.54, 1.807) is 7.05 Å². The highest BCUT2D eigenvalue weighted by atomic mass is 19.1. The highest BCUT2D eigenvalue weighted by Gasteiger charge is 2.16. The molecule has 3 nitrogen and oxygen atoms in total. The zero-order valence-corrected chi connectivity index (χ0v) is 11.9. The van der Waals surface area contributed by atoms with Gasteiger partial charge in [-0.15, -0.1) is 0 Å². The summed E-state index contributed by atoms with van der Waals surface area (Å²) in [7, 11) is 1.67. The summed E-state index contributed by atoms with van der Waals surface area (Å²) >= 11 is 0. The molecule has 0 fully saturated rings. The Hall–Kier alpha value is -1.86. The molecule has 0 spiro atoms. The fourth-order valence-corrected chi connectivity index (χ4v) is 1.69. The Balaban J connectivity index is 2.91. The first-order valence-electron chi connectivity index (χ1n) is 6.75. The van der Waals surface area contributed by atoms with Crippen LogP contribution in [0.5, 0.6) is 0 Å². The molecule has 1 aromatic carbocycles. The molecule has 1 amide bonds. The van der Waals surface area contributed by atoms with Crippen molar-refractivity contribution in [2.75, 3.05) is 20.2 Å². The lowest BCUT2D eigenvalue weighted by Gasteiger charge is -2.17. The third-order valence-electron chi connectivity index (χ3n) is 2.86. The number of benzene rings is 1. The molecule has 0 aliphatic heterocycles. The lowest BCUT2D eigenvalue weighted by Crippen LogP contribution is -2.28. The average Bonchev–Trinajstić information content (AvgIpc) is 2.46. The molecule has 0 saturated carbocycles. The molecule has 20 heavy (non-hydrogen) atoms. The Morgan fingerprint density at radius 2 is 2.20 bits per heavy atom. The number of carbonyl (C=O) groups is 1. The quantitative estimate of drug-likeness (QED) is 0.840. The predicted octanol–water partition coefficient (Wildman–Crippen LogP) is 2.43. The number of amides is 1. The van der Waals surface area contributed by atoms with Gasteiger partial charge < -0.3 is 10.0 Å². The number of nitrogens with zero attached hydrogens (tertiary/aromatic N) is 1. The van der Waals surface area contributed by atoms with E-state index in [0.29, 0.717) is 18.5 Å². The Kier molecular flexibility index (Phi) is 6.75. The zero-order chi connectivity index (χ0) is 15.0. The topological polar surface area (TPSA) is 40.5 Å². The summed E-state index contributed by atoms with van der Waals surface area (Å²) in [4.78, 5) is 13.7. The van der Waals surface area contributed by atoms with E-state index in [1.165, 1.54) is 23.1 Å². The molecule has 0 aliphatic rings. The van der Waals surface area contributed by atoms with Crippen LogP contribution in [0.2, 0.25) is 0 Å². The molecule has 1 rings (SSSR count). The van der Waals surface area contributed by atoms with Crippen molar-refractivity contribution in [3.05, 3.63) is 35.1 Å². The van der Waals surface area contributed by atoms with Gasteiger partial charge >= 0.3 is 0 Å². The lowest BCUT2D eigenvalue weighted by atomic mass is 10.1. The minimum Gasteiger partial charge on any atom is -0.395 e. The van der Waals surface area contributed by atoms with Crippen LogP contribution in [0.3, 0.4) is 0 Å². The molecule has 1 aromatic rings. The van der Waals surface area contributed by atoms with Gasteiger partial charge in [0.05, 0.1) is 12.2 Å². The Morgan fingerprint density at radius 3 is 2.85 bits per heavy atom. The fourth-order valence-electron chi connectivity index (χ4n) is 1.69. The molecule has 0 unspecified atom stereocenters. The maximum atomic E-state index is 13.8. The van der Waals surface area contributed by atoms with Gasteiger partial charge in [-0.3, -0.25) is 4.79 Å². The standard InChI is InChI=1S/C16H20FNO2/c1-3-4-10-18(2)16(20)14-12-13(7-5-6-11-19)8-9-15(14)17/h8-9,12,19H,3-4,6,10-11H2,1-2H3. The van der Waals surface area contributed by atoms with Crippen molar-refractivity contribution in [1.29, 1.82) is 0 Å². The van der Waals surface area contributed by atoms with Gasteiger partial charge in [-0.1, -0.05) is 25.2 Å². The van der Waals surface area contributed by atoms with Crippen molar-refractivity contribution in [1.82, 2.24) is 4.90 Å². The summed E-state index contributed by atoms with van der Waals surface area (Å²) in [5.41, 5.74) is 0.617. The second kappa shape index (κ2) is 8.34. The van der Waals surface area contributed by atoms with E-state index in [-0.39, 0.29) is 18.1 Å². The van der Waals surface area contributed by atoms with Crippen LogP contribution < -0.4 is 0 Å². The molecule has 4 heteroatoms. The number of aliphatic hydroxyl groups is 1. The number of halogens is 1. The Labute approximate surface area is 119 Å². The van der Waals surface area contributed by atoms with Gasteiger partial charge in [0.1, 0.15) is 5.82 Å². The first-order valence-corrected chi connectivity index (χ1v) is 6.75. The molecule has 1 N–H and O–H groups in total. The van der Waals surface area contributed by atoms with Crippen LogP contribution in [-0.2, 0) is 0 Å². The molecule has 0 radical (unpaired) electrons. The summed E-state index contributed by atoms with van der Waals surface area (Å²) in [5, 5.41) is 8.66. The van der Waals surface area contributed by atoms with E-state index in [4.69, 9.17) is 5.11 Å². The maximum absolute atomic E-state index is 13.8. The molecule has 0 bridgehead atoms. The summed E-state index contributed by atoms with van der Waals surface area (Å²) in [6.07, 6.45) is 2.23. The van der Waals surface area contributed by atoms with Gasteiger partial charge in [-0.2, -0.15) is 0 Å². The fraction of sp³-hybridized carbons (Fsp3) is 0.438. The van der Waals surface area contributed by atoms with Gasteiger partial charge in [0, 0.05) is 25.6 Å². The van der Waals surface area contributed by atoms with Crippen LogP contribution in [0.1, 0.15) is 42.1 Å². The van der Waals surface area contributed by atoms with Gasteiger partial charge in [0.25, 0.3) is 5.91 Å². The number of aliphatic hydroxyl groups excluding tert-OH is 1. The number of unbranched alkanes of at least 4 members (excludes halogenated alkanes) is 1. The number of rotatable bonds is 5. The van der Waals surface area contributed by atoms with E-state index >= 15 is 0 Å². The highest BCUT2D eigenvalue weighted by Crippen LogP contribution is 2.13. The second-order valence-corrected chi connectivity index (χ2v) is 4.55. The van der Waals surface area contributed by atoms with Gasteiger partial charge in [-0.25, -0.2) is 4.39 Å². The third-order valence-corrected chi connectivity index (χ3v) is 2.86. The summed E-state index contributed by atoms with van der Waals surface area (Å²) < 4.78 is 13.8. The Morgan fingerprint density at radius 1 is 1.45 bits per heavy atom. The molecular weight excluding hydrogens is 257 g/mol. The van der Waals surface area contributed by atoms with Gasteiger partial charge in [0.15, 0.2) is 0 Å². The maximum Gasteiger partial charge on any atom is 0.256 e. The van der Waals surface area contributed by atoms with Crippen molar-refractivity contribution >= 4 is 5.91 Å². The Bertz CT molecular complexity index is 517. The first kappa shape index (κ1) is 16.2. The number of hydrogen-bond donors (Lipinski definition) is 1. The van der Waals surface area contributed by atoms with Crippen molar-refractivity contribution in [2.24, 2.45) is 0 Å². The van der Waals surface area contributed by atoms with E-state index in [0.717, 1.165) is 12.8 Å². The normalized spacial score (nSPS) is 9.80. The average molecular weight is 277 g/mol. The van der Waals surface area contributed by atoms with Crippen molar-refractivity contribution in [2.45, 2.75) is 26.2 Å². The van der Waals surface area contributed by atoms with Crippen LogP contribution in [-0.4, -0.2) is 36.1 Å². The smallest absolute Gasteiger partial charge is 0.256 e. The summed E-state index contributed by atoms with van der Waals surface area (Å²) in [5.74, 6) is 4.69.